The van der Waals surface area contributed by atoms with Gasteiger partial charge >= 0.3 is 0 Å². The Kier molecular flexibility index (Phi) is 3.25. The van der Waals surface area contributed by atoms with Gasteiger partial charge in [0.05, 0.1) is 5.52 Å². The Bertz CT molecular complexity index is 589. The van der Waals surface area contributed by atoms with Crippen LogP contribution >= 0.6 is 0 Å². The standard InChI is InChI=1S/C13H17N3O2/c1-8(7-14)15-13(18)11-6-9-10(16(11)2)4-3-5-12(9)17/h3-6,8,17H,7,14H2,1-2H3,(H,15,18). The predicted octanol–water partition coefficient (Wildman–Crippen LogP) is 0.961. The first-order valence-corrected chi connectivity index (χ1v) is 5.83. The van der Waals surface area contributed by atoms with E-state index in [0.717, 1.165) is 5.52 Å². The largest absolute Gasteiger partial charge is 0.507 e. The fraction of sp³-hybridized carbons (Fsp3) is 0.308. The van der Waals surface area contributed by atoms with E-state index in [1.807, 2.05) is 13.0 Å². The molecule has 0 saturated carbocycles. The molecule has 0 radical (unpaired) electrons. The number of amides is 1. The van der Waals surface area contributed by atoms with Crippen LogP contribution in [0.3, 0.4) is 0 Å². The summed E-state index contributed by atoms with van der Waals surface area (Å²) in [6, 6.07) is 6.82. The number of hydrogen-bond acceptors (Lipinski definition) is 3. The Labute approximate surface area is 105 Å². The number of phenolic OH excluding ortho intramolecular Hbond substituents is 1. The number of phenols is 1. The van der Waals surface area contributed by atoms with Crippen molar-refractivity contribution in [2.45, 2.75) is 13.0 Å². The normalized spacial score (nSPS) is 12.6. The van der Waals surface area contributed by atoms with Gasteiger partial charge in [0, 0.05) is 25.0 Å². The second-order valence-electron chi connectivity index (χ2n) is 4.41. The second-order valence-corrected chi connectivity index (χ2v) is 4.41. The molecule has 0 fully saturated rings. The first-order valence-electron chi connectivity index (χ1n) is 5.83. The molecule has 1 heterocycles. The van der Waals surface area contributed by atoms with E-state index in [0.29, 0.717) is 17.6 Å². The summed E-state index contributed by atoms with van der Waals surface area (Å²) in [7, 11) is 1.80. The fourth-order valence-electron chi connectivity index (χ4n) is 1.92. The van der Waals surface area contributed by atoms with Crippen molar-refractivity contribution in [2.75, 3.05) is 6.54 Å². The lowest BCUT2D eigenvalue weighted by Crippen LogP contribution is -2.38. The van der Waals surface area contributed by atoms with Crippen LogP contribution in [0.4, 0.5) is 0 Å². The zero-order valence-electron chi connectivity index (χ0n) is 10.5. The molecule has 18 heavy (non-hydrogen) atoms. The van der Waals surface area contributed by atoms with Crippen molar-refractivity contribution in [3.8, 4) is 5.75 Å². The maximum absolute atomic E-state index is 12.0. The van der Waals surface area contributed by atoms with Gasteiger partial charge in [-0.25, -0.2) is 0 Å². The molecule has 0 aliphatic rings. The van der Waals surface area contributed by atoms with Crippen molar-refractivity contribution in [1.82, 2.24) is 9.88 Å². The maximum Gasteiger partial charge on any atom is 0.268 e. The van der Waals surface area contributed by atoms with Crippen LogP contribution in [0.2, 0.25) is 0 Å². The van der Waals surface area contributed by atoms with Gasteiger partial charge in [0.1, 0.15) is 11.4 Å². The lowest BCUT2D eigenvalue weighted by atomic mass is 10.2. The Morgan fingerprint density at radius 1 is 1.56 bits per heavy atom. The number of aromatic nitrogens is 1. The third kappa shape index (κ3) is 2.04. The highest BCUT2D eigenvalue weighted by atomic mass is 16.3. The highest BCUT2D eigenvalue weighted by molar-refractivity contribution is 6.00. The first kappa shape index (κ1) is 12.4. The van der Waals surface area contributed by atoms with E-state index in [-0.39, 0.29) is 17.7 Å². The molecule has 1 unspecified atom stereocenters. The number of benzene rings is 1. The average molecular weight is 247 g/mol. The minimum Gasteiger partial charge on any atom is -0.507 e. The summed E-state index contributed by atoms with van der Waals surface area (Å²) in [6.45, 7) is 2.24. The van der Waals surface area contributed by atoms with E-state index in [9.17, 15) is 9.90 Å². The molecule has 0 spiro atoms. The van der Waals surface area contributed by atoms with Gasteiger partial charge in [-0.3, -0.25) is 4.79 Å². The lowest BCUT2D eigenvalue weighted by molar-refractivity contribution is 0.0933. The fourth-order valence-corrected chi connectivity index (χ4v) is 1.92. The molecule has 1 aromatic carbocycles. The molecule has 0 bridgehead atoms. The number of hydrogen-bond donors (Lipinski definition) is 3. The summed E-state index contributed by atoms with van der Waals surface area (Å²) in [6.07, 6.45) is 0. The van der Waals surface area contributed by atoms with Gasteiger partial charge in [-0.05, 0) is 25.1 Å². The molecular weight excluding hydrogens is 230 g/mol. The second kappa shape index (κ2) is 4.70. The smallest absolute Gasteiger partial charge is 0.268 e. The van der Waals surface area contributed by atoms with E-state index in [1.165, 1.54) is 0 Å². The highest BCUT2D eigenvalue weighted by Gasteiger charge is 2.16. The number of nitrogens with two attached hydrogens (primary N) is 1. The van der Waals surface area contributed by atoms with Crippen LogP contribution in [0, 0.1) is 0 Å². The van der Waals surface area contributed by atoms with Crippen molar-refractivity contribution in [2.24, 2.45) is 12.8 Å². The molecule has 96 valence electrons. The summed E-state index contributed by atoms with van der Waals surface area (Å²) < 4.78 is 1.76. The van der Waals surface area contributed by atoms with Crippen LogP contribution in [0.25, 0.3) is 10.9 Å². The van der Waals surface area contributed by atoms with Crippen molar-refractivity contribution in [1.29, 1.82) is 0 Å². The molecule has 0 aliphatic carbocycles. The number of nitrogens with one attached hydrogen (secondary N) is 1. The Morgan fingerprint density at radius 3 is 2.89 bits per heavy atom. The predicted molar refractivity (Wildman–Crippen MR) is 70.6 cm³/mol. The summed E-state index contributed by atoms with van der Waals surface area (Å²) in [5.41, 5.74) is 6.80. The Hall–Kier alpha value is -2.01. The molecule has 4 N–H and O–H groups in total. The van der Waals surface area contributed by atoms with Gasteiger partial charge in [0.2, 0.25) is 0 Å². The molecule has 0 aliphatic heterocycles. The summed E-state index contributed by atoms with van der Waals surface area (Å²) in [5.74, 6) is -0.0138. The van der Waals surface area contributed by atoms with Gasteiger partial charge in [0.15, 0.2) is 0 Å². The lowest BCUT2D eigenvalue weighted by Gasteiger charge is -2.11. The molecule has 1 atom stereocenters. The summed E-state index contributed by atoms with van der Waals surface area (Å²) in [4.78, 5) is 12.0. The number of carbonyl (C=O) groups is 1. The van der Waals surface area contributed by atoms with Crippen LogP contribution in [-0.2, 0) is 7.05 Å². The maximum atomic E-state index is 12.0. The van der Waals surface area contributed by atoms with E-state index < -0.39 is 0 Å². The summed E-state index contributed by atoms with van der Waals surface area (Å²) in [5, 5.41) is 13.2. The molecule has 5 heteroatoms. The van der Waals surface area contributed by atoms with Crippen LogP contribution in [0.5, 0.6) is 5.75 Å². The van der Waals surface area contributed by atoms with Crippen LogP contribution in [0.1, 0.15) is 17.4 Å². The summed E-state index contributed by atoms with van der Waals surface area (Å²) >= 11 is 0. The van der Waals surface area contributed by atoms with Crippen molar-refractivity contribution < 1.29 is 9.90 Å². The van der Waals surface area contributed by atoms with Crippen molar-refractivity contribution in [3.05, 3.63) is 30.0 Å². The van der Waals surface area contributed by atoms with Gasteiger partial charge in [-0.15, -0.1) is 0 Å². The van der Waals surface area contributed by atoms with Crippen LogP contribution in [-0.4, -0.2) is 28.2 Å². The zero-order chi connectivity index (χ0) is 13.3. The average Bonchev–Trinajstić information content (AvgIpc) is 2.69. The van der Waals surface area contributed by atoms with Crippen molar-refractivity contribution >= 4 is 16.8 Å². The van der Waals surface area contributed by atoms with Crippen molar-refractivity contribution in [3.63, 3.8) is 0 Å². The van der Waals surface area contributed by atoms with E-state index in [1.54, 1.807) is 29.8 Å². The molecule has 2 aromatic rings. The first-order chi connectivity index (χ1) is 8.54. The minimum atomic E-state index is -0.189. The Morgan fingerprint density at radius 2 is 2.28 bits per heavy atom. The third-order valence-electron chi connectivity index (χ3n) is 3.03. The van der Waals surface area contributed by atoms with Gasteiger partial charge in [-0.1, -0.05) is 6.07 Å². The Balaban J connectivity index is 2.43. The number of nitrogens with zero attached hydrogens (tertiary/aromatic N) is 1. The highest BCUT2D eigenvalue weighted by Crippen LogP contribution is 2.26. The van der Waals surface area contributed by atoms with E-state index >= 15 is 0 Å². The number of rotatable bonds is 3. The number of fused-ring (bicyclic) bond motifs is 1. The molecule has 0 saturated heterocycles. The molecule has 2 rings (SSSR count). The monoisotopic (exact) mass is 247 g/mol. The molecular formula is C13H17N3O2. The van der Waals surface area contributed by atoms with Gasteiger partial charge in [0.25, 0.3) is 5.91 Å². The zero-order valence-corrected chi connectivity index (χ0v) is 10.5. The molecule has 1 aromatic heterocycles. The van der Waals surface area contributed by atoms with E-state index in [4.69, 9.17) is 5.73 Å². The SMILES string of the molecule is CC(CN)NC(=O)c1cc2c(O)cccc2n1C. The molecule has 5 nitrogen and oxygen atoms in total. The molecule has 1 amide bonds. The topological polar surface area (TPSA) is 80.3 Å². The number of aromatic hydroxyl groups is 1. The van der Waals surface area contributed by atoms with Gasteiger partial charge in [-0.2, -0.15) is 0 Å². The van der Waals surface area contributed by atoms with Crippen LogP contribution < -0.4 is 11.1 Å². The quantitative estimate of drug-likeness (QED) is 0.755. The third-order valence-corrected chi connectivity index (χ3v) is 3.03. The number of carbonyl (C=O) groups excluding carboxylic acids is 1. The van der Waals surface area contributed by atoms with Crippen LogP contribution in [0.15, 0.2) is 24.3 Å². The van der Waals surface area contributed by atoms with E-state index in [2.05, 4.69) is 5.32 Å². The van der Waals surface area contributed by atoms with Gasteiger partial charge < -0.3 is 20.7 Å². The number of aryl methyl sites for hydroxylation is 1. The minimum absolute atomic E-state index is 0.0795.